The van der Waals surface area contributed by atoms with Crippen molar-refractivity contribution in [2.24, 2.45) is 10.7 Å². The molecule has 0 unspecified atom stereocenters. The van der Waals surface area contributed by atoms with Gasteiger partial charge in [-0.1, -0.05) is 35.3 Å². The summed E-state index contributed by atoms with van der Waals surface area (Å²) in [6.07, 6.45) is 6.24. The number of nitrogens with one attached hydrogen (secondary N) is 1. The van der Waals surface area contributed by atoms with Crippen LogP contribution in [0.2, 0.25) is 10.0 Å². The van der Waals surface area contributed by atoms with Crippen molar-refractivity contribution in [1.82, 2.24) is 15.0 Å². The highest BCUT2D eigenvalue weighted by Crippen LogP contribution is 2.31. The summed E-state index contributed by atoms with van der Waals surface area (Å²) in [4.78, 5) is 52.1. The number of nitro groups is 1. The summed E-state index contributed by atoms with van der Waals surface area (Å²) in [6, 6.07) is 14.4. The third-order valence-corrected chi connectivity index (χ3v) is 7.86. The van der Waals surface area contributed by atoms with Crippen molar-refractivity contribution in [1.29, 1.82) is 0 Å². The fourth-order valence-electron chi connectivity index (χ4n) is 5.07. The number of nitrogens with two attached hydrogens (primary N) is 1. The van der Waals surface area contributed by atoms with Crippen molar-refractivity contribution >= 4 is 63.0 Å². The van der Waals surface area contributed by atoms with Crippen LogP contribution in [0.25, 0.3) is 10.9 Å². The molecule has 0 bridgehead atoms. The Hall–Kier alpha value is -5.24. The maximum absolute atomic E-state index is 12.9. The average molecular weight is 691 g/mol. The van der Waals surface area contributed by atoms with Crippen LogP contribution in [0.4, 0.5) is 11.5 Å². The maximum atomic E-state index is 12.9. The number of allylic oxidation sites excluding steroid dienone is 1. The first-order chi connectivity index (χ1) is 22.9. The fraction of sp³-hybridized carbons (Fsp3) is 0.212. The molecular weight excluding hydrogens is 659 g/mol. The number of aromatic nitrogens is 3. The lowest BCUT2D eigenvalue weighted by Crippen LogP contribution is -2.41. The number of anilines is 2. The van der Waals surface area contributed by atoms with E-state index < -0.39 is 10.8 Å². The van der Waals surface area contributed by atoms with Crippen molar-refractivity contribution in [2.45, 2.75) is 19.4 Å². The third kappa shape index (κ3) is 8.76. The van der Waals surface area contributed by atoms with Gasteiger partial charge in [0, 0.05) is 21.8 Å². The number of likely N-dealkylation sites (N-methyl/N-ethyl adjacent to an activating group) is 1. The Morgan fingerprint density at radius 1 is 1.12 bits per heavy atom. The molecule has 0 saturated carbocycles. The molecule has 246 valence electrons. The number of ketones is 1. The number of nitrogens with zero attached hydrogens (tertiary/aromatic N) is 6. The summed E-state index contributed by atoms with van der Waals surface area (Å²) in [5.41, 5.74) is 8.34. The molecule has 0 radical (unpaired) electrons. The predicted molar refractivity (Wildman–Crippen MR) is 183 cm³/mol. The van der Waals surface area contributed by atoms with Gasteiger partial charge in [-0.2, -0.15) is 0 Å². The summed E-state index contributed by atoms with van der Waals surface area (Å²) in [5, 5.41) is 16.4. The quantitative estimate of drug-likeness (QED) is 0.0778. The molecule has 1 aliphatic heterocycles. The van der Waals surface area contributed by atoms with E-state index in [2.05, 4.69) is 25.3 Å². The van der Waals surface area contributed by atoms with Crippen LogP contribution in [0.15, 0.2) is 89.6 Å². The summed E-state index contributed by atoms with van der Waals surface area (Å²) in [6.45, 7) is 0.954. The van der Waals surface area contributed by atoms with Gasteiger partial charge in [0.15, 0.2) is 5.78 Å². The minimum Gasteiger partial charge on any atom is -0.487 e. The van der Waals surface area contributed by atoms with Crippen LogP contribution in [0.5, 0.6) is 5.75 Å². The standard InChI is InChI=1S/C33H30Cl2N8O5/c1-43(2,17-21-12-28(31(36)45)41-33(21)42(46)47)10-4-7-25(44)13-24-14-26-29(16-37-24)38-19-39-32(26)40-23-8-9-30(27(35)15-23)48-18-20-5-3-6-22(34)11-20/h3-9,11,14-16,19H,10,12-13,17-18H2,1-2H3,(H2-,36,38,39,40,45)/p+1/b7-4+. The SMILES string of the molecule is C[N+](C)(C/C=C/C(=O)Cc1cc2c(Nc3ccc(OCc4cccc(Cl)c4)c(Cl)c3)ncnc2cn1)CC1=C([N+](=O)[O-])N=C(C(N)=O)C1. The average Bonchev–Trinajstić information content (AvgIpc) is 3.45. The number of fused-ring (bicyclic) bond motifs is 1. The van der Waals surface area contributed by atoms with E-state index in [4.69, 9.17) is 33.7 Å². The van der Waals surface area contributed by atoms with Gasteiger partial charge in [0.25, 0.3) is 5.91 Å². The molecule has 2 aromatic heterocycles. The maximum Gasteiger partial charge on any atom is 0.369 e. The van der Waals surface area contributed by atoms with Crippen LogP contribution in [-0.4, -0.2) is 68.9 Å². The van der Waals surface area contributed by atoms with Gasteiger partial charge in [-0.15, -0.1) is 0 Å². The molecule has 0 atom stereocenters. The Labute approximate surface area is 285 Å². The second kappa shape index (κ2) is 14.7. The number of ether oxygens (including phenoxy) is 1. The molecule has 2 aromatic carbocycles. The molecule has 0 saturated heterocycles. The number of aliphatic imine (C=N–C) groups is 1. The molecular formula is C33H31Cl2N8O5+. The van der Waals surface area contributed by atoms with E-state index >= 15 is 0 Å². The predicted octanol–water partition coefficient (Wildman–Crippen LogP) is 5.22. The zero-order valence-electron chi connectivity index (χ0n) is 26.0. The van der Waals surface area contributed by atoms with Gasteiger partial charge in [0.1, 0.15) is 31.0 Å². The van der Waals surface area contributed by atoms with E-state index in [0.29, 0.717) is 62.6 Å². The second-order valence-corrected chi connectivity index (χ2v) is 12.6. The molecule has 15 heteroatoms. The van der Waals surface area contributed by atoms with Gasteiger partial charge in [-0.05, 0) is 64.0 Å². The molecule has 0 aliphatic carbocycles. The van der Waals surface area contributed by atoms with Gasteiger partial charge in [0.2, 0.25) is 5.71 Å². The number of rotatable bonds is 14. The van der Waals surface area contributed by atoms with E-state index in [-0.39, 0.29) is 41.2 Å². The first-order valence-electron chi connectivity index (χ1n) is 14.7. The topological polar surface area (TPSA) is 176 Å². The zero-order valence-corrected chi connectivity index (χ0v) is 27.5. The third-order valence-electron chi connectivity index (χ3n) is 7.33. The summed E-state index contributed by atoms with van der Waals surface area (Å²) < 4.78 is 6.16. The van der Waals surface area contributed by atoms with Crippen molar-refractivity contribution in [3.8, 4) is 5.75 Å². The number of quaternary nitrogens is 1. The van der Waals surface area contributed by atoms with E-state index in [1.165, 1.54) is 12.4 Å². The van der Waals surface area contributed by atoms with Crippen LogP contribution in [0.3, 0.4) is 0 Å². The van der Waals surface area contributed by atoms with Gasteiger partial charge >= 0.3 is 5.82 Å². The highest BCUT2D eigenvalue weighted by atomic mass is 35.5. The lowest BCUT2D eigenvalue weighted by molar-refractivity contribution is -0.880. The van der Waals surface area contributed by atoms with Gasteiger partial charge < -0.3 is 30.4 Å². The Kier molecular flexibility index (Phi) is 10.4. The summed E-state index contributed by atoms with van der Waals surface area (Å²) in [7, 11) is 3.71. The Bertz CT molecular complexity index is 2010. The smallest absolute Gasteiger partial charge is 0.369 e. The Morgan fingerprint density at radius 2 is 1.94 bits per heavy atom. The molecule has 48 heavy (non-hydrogen) atoms. The molecule has 0 spiro atoms. The zero-order chi connectivity index (χ0) is 34.4. The van der Waals surface area contributed by atoms with Crippen LogP contribution in [0.1, 0.15) is 17.7 Å². The molecule has 1 amide bonds. The highest BCUT2D eigenvalue weighted by Gasteiger charge is 2.35. The van der Waals surface area contributed by atoms with Gasteiger partial charge in [-0.3, -0.25) is 14.6 Å². The van der Waals surface area contributed by atoms with E-state index in [0.717, 1.165) is 5.56 Å². The number of pyridine rings is 1. The Balaban J connectivity index is 1.21. The van der Waals surface area contributed by atoms with Crippen LogP contribution >= 0.6 is 23.2 Å². The number of carbonyl (C=O) groups is 2. The van der Waals surface area contributed by atoms with Crippen molar-refractivity contribution < 1.29 is 23.7 Å². The minimum atomic E-state index is -0.785. The first-order valence-corrected chi connectivity index (χ1v) is 15.4. The normalized spacial score (nSPS) is 13.2. The number of hydrogen-bond acceptors (Lipinski definition) is 10. The summed E-state index contributed by atoms with van der Waals surface area (Å²) >= 11 is 12.6. The number of carbonyl (C=O) groups excluding carboxylic acids is 2. The molecule has 3 N–H and O–H groups in total. The summed E-state index contributed by atoms with van der Waals surface area (Å²) in [5.74, 6) is -0.300. The molecule has 3 heterocycles. The molecule has 4 aromatic rings. The molecule has 1 aliphatic rings. The monoisotopic (exact) mass is 689 g/mol. The highest BCUT2D eigenvalue weighted by molar-refractivity contribution is 6.39. The van der Waals surface area contributed by atoms with E-state index in [1.54, 1.807) is 36.5 Å². The lowest BCUT2D eigenvalue weighted by Gasteiger charge is -2.28. The number of hydrogen-bond donors (Lipinski definition) is 2. The Morgan fingerprint density at radius 3 is 2.67 bits per heavy atom. The number of halogens is 2. The van der Waals surface area contributed by atoms with Crippen molar-refractivity contribution in [3.63, 3.8) is 0 Å². The number of amides is 1. The minimum absolute atomic E-state index is 0.0295. The van der Waals surface area contributed by atoms with Gasteiger partial charge in [0.05, 0.1) is 55.8 Å². The molecule has 13 nitrogen and oxygen atoms in total. The van der Waals surface area contributed by atoms with E-state index in [1.807, 2.05) is 38.4 Å². The van der Waals surface area contributed by atoms with Crippen LogP contribution in [-0.2, 0) is 22.6 Å². The first kappa shape index (κ1) is 34.1. The van der Waals surface area contributed by atoms with Crippen LogP contribution < -0.4 is 15.8 Å². The van der Waals surface area contributed by atoms with Gasteiger partial charge in [-0.25, -0.2) is 9.97 Å². The van der Waals surface area contributed by atoms with Crippen molar-refractivity contribution in [2.75, 3.05) is 32.5 Å². The number of primary amides is 1. The second-order valence-electron chi connectivity index (χ2n) is 11.7. The van der Waals surface area contributed by atoms with E-state index in [9.17, 15) is 19.7 Å². The molecule has 5 rings (SSSR count). The largest absolute Gasteiger partial charge is 0.487 e. The lowest BCUT2D eigenvalue weighted by atomic mass is 10.1. The van der Waals surface area contributed by atoms with Crippen LogP contribution in [0, 0.1) is 10.1 Å². The molecule has 0 fully saturated rings. The number of benzene rings is 2. The fourth-order valence-corrected chi connectivity index (χ4v) is 5.52. The van der Waals surface area contributed by atoms with Crippen molar-refractivity contribution in [3.05, 3.63) is 116 Å².